The summed E-state index contributed by atoms with van der Waals surface area (Å²) in [5.41, 5.74) is 3.08. The highest BCUT2D eigenvalue weighted by Crippen LogP contribution is 2.45. The Morgan fingerprint density at radius 3 is 2.56 bits per heavy atom. The Kier molecular flexibility index (Phi) is 4.91. The van der Waals surface area contributed by atoms with E-state index in [-0.39, 0.29) is 16.9 Å². The maximum atomic E-state index is 13.4. The monoisotopic (exact) mass is 464 g/mol. The molecule has 1 aliphatic rings. The summed E-state index contributed by atoms with van der Waals surface area (Å²) in [6.07, 6.45) is 0. The second kappa shape index (κ2) is 7.65. The molecule has 5 nitrogen and oxygen atoms in total. The lowest BCUT2D eigenvalue weighted by Crippen LogP contribution is -2.28. The number of aryl methyl sites for hydroxylation is 2. The first-order chi connectivity index (χ1) is 15.3. The summed E-state index contributed by atoms with van der Waals surface area (Å²) in [5, 5.41) is 13.2. The SMILES string of the molecule is Cc1cc(C)c2nc(N3C(=O)C(=O)/C(=C(/O)c4ccc(F)cc4)C3c3cccs3)sc2c1. The van der Waals surface area contributed by atoms with Crippen molar-refractivity contribution in [2.75, 3.05) is 4.90 Å². The molecule has 0 saturated carbocycles. The zero-order chi connectivity index (χ0) is 22.6. The van der Waals surface area contributed by atoms with Gasteiger partial charge in [-0.3, -0.25) is 14.5 Å². The van der Waals surface area contributed by atoms with Crippen LogP contribution in [0.25, 0.3) is 16.0 Å². The first kappa shape index (κ1) is 20.5. The van der Waals surface area contributed by atoms with E-state index in [0.29, 0.717) is 5.13 Å². The molecule has 1 aliphatic heterocycles. The number of aromatic nitrogens is 1. The largest absolute Gasteiger partial charge is 0.507 e. The molecule has 2 aromatic carbocycles. The molecule has 1 saturated heterocycles. The van der Waals surface area contributed by atoms with Crippen LogP contribution < -0.4 is 4.90 Å². The van der Waals surface area contributed by atoms with Crippen molar-refractivity contribution in [1.82, 2.24) is 4.98 Å². The fourth-order valence-corrected chi connectivity index (χ4v) is 5.96. The van der Waals surface area contributed by atoms with Gasteiger partial charge in [-0.25, -0.2) is 9.37 Å². The van der Waals surface area contributed by atoms with Crippen LogP contribution in [-0.4, -0.2) is 21.8 Å². The third-order valence-electron chi connectivity index (χ3n) is 5.40. The molecule has 1 unspecified atom stereocenters. The molecule has 0 radical (unpaired) electrons. The molecular weight excluding hydrogens is 447 g/mol. The van der Waals surface area contributed by atoms with Crippen LogP contribution in [0.2, 0.25) is 0 Å². The molecular formula is C24H17FN2O3S2. The molecule has 0 aliphatic carbocycles. The second-order valence-corrected chi connectivity index (χ2v) is 9.60. The Balaban J connectivity index is 1.72. The molecule has 1 amide bonds. The Bertz CT molecular complexity index is 1410. The highest BCUT2D eigenvalue weighted by molar-refractivity contribution is 7.22. The van der Waals surface area contributed by atoms with Crippen LogP contribution in [-0.2, 0) is 9.59 Å². The van der Waals surface area contributed by atoms with E-state index in [1.54, 1.807) is 0 Å². The summed E-state index contributed by atoms with van der Waals surface area (Å²) in [7, 11) is 0. The van der Waals surface area contributed by atoms with Crippen LogP contribution in [0.1, 0.15) is 27.6 Å². The van der Waals surface area contributed by atoms with Crippen LogP contribution in [0, 0.1) is 19.7 Å². The summed E-state index contributed by atoms with van der Waals surface area (Å²) >= 11 is 2.71. The average Bonchev–Trinajstić information content (AvgIpc) is 3.47. The van der Waals surface area contributed by atoms with E-state index in [1.807, 2.05) is 43.5 Å². The normalized spacial score (nSPS) is 18.1. The van der Waals surface area contributed by atoms with Crippen molar-refractivity contribution in [1.29, 1.82) is 0 Å². The number of Topliss-reactive ketones (excluding diaryl/α,β-unsaturated/α-hetero) is 1. The third-order valence-corrected chi connectivity index (χ3v) is 7.33. The first-order valence-electron chi connectivity index (χ1n) is 9.83. The van der Waals surface area contributed by atoms with Gasteiger partial charge in [-0.1, -0.05) is 23.5 Å². The predicted molar refractivity (Wildman–Crippen MR) is 125 cm³/mol. The van der Waals surface area contributed by atoms with Crippen molar-refractivity contribution in [2.24, 2.45) is 0 Å². The second-order valence-electron chi connectivity index (χ2n) is 7.62. The van der Waals surface area contributed by atoms with E-state index in [9.17, 15) is 19.1 Å². The summed E-state index contributed by atoms with van der Waals surface area (Å²) in [5.74, 6) is -2.34. The van der Waals surface area contributed by atoms with Crippen molar-refractivity contribution < 1.29 is 19.1 Å². The molecule has 3 heterocycles. The van der Waals surface area contributed by atoms with E-state index < -0.39 is 23.5 Å². The number of aliphatic hydroxyl groups excluding tert-OH is 1. The number of hydrogen-bond donors (Lipinski definition) is 1. The highest BCUT2D eigenvalue weighted by Gasteiger charge is 2.48. The minimum Gasteiger partial charge on any atom is -0.507 e. The summed E-state index contributed by atoms with van der Waals surface area (Å²) in [6.45, 7) is 3.95. The lowest BCUT2D eigenvalue weighted by molar-refractivity contribution is -0.132. The Labute approximate surface area is 191 Å². The van der Waals surface area contributed by atoms with Gasteiger partial charge in [0.15, 0.2) is 5.13 Å². The van der Waals surface area contributed by atoms with Gasteiger partial charge in [0.05, 0.1) is 15.8 Å². The maximum Gasteiger partial charge on any atom is 0.301 e. The third kappa shape index (κ3) is 3.23. The van der Waals surface area contributed by atoms with E-state index >= 15 is 0 Å². The van der Waals surface area contributed by atoms with Crippen molar-refractivity contribution in [2.45, 2.75) is 19.9 Å². The number of nitrogens with zero attached hydrogens (tertiary/aromatic N) is 2. The summed E-state index contributed by atoms with van der Waals surface area (Å²) in [6, 6.07) is 12.0. The number of ketones is 1. The van der Waals surface area contributed by atoms with Crippen molar-refractivity contribution in [3.05, 3.63) is 86.9 Å². The van der Waals surface area contributed by atoms with E-state index in [1.165, 1.54) is 51.8 Å². The fourth-order valence-electron chi connectivity index (χ4n) is 3.97. The minimum absolute atomic E-state index is 0.0313. The number of carbonyl (C=O) groups is 2. The number of halogens is 1. The van der Waals surface area contributed by atoms with Gasteiger partial charge < -0.3 is 5.11 Å². The van der Waals surface area contributed by atoms with Crippen LogP contribution >= 0.6 is 22.7 Å². The van der Waals surface area contributed by atoms with Gasteiger partial charge in [-0.15, -0.1) is 11.3 Å². The number of thiophene rings is 1. The molecule has 1 atom stereocenters. The number of benzene rings is 2. The number of anilines is 1. The quantitative estimate of drug-likeness (QED) is 0.238. The number of hydrogen-bond acceptors (Lipinski definition) is 6. The van der Waals surface area contributed by atoms with Gasteiger partial charge in [0.2, 0.25) is 0 Å². The van der Waals surface area contributed by atoms with Gasteiger partial charge in [0.25, 0.3) is 5.78 Å². The molecule has 8 heteroatoms. The van der Waals surface area contributed by atoms with Gasteiger partial charge in [0, 0.05) is 10.4 Å². The van der Waals surface area contributed by atoms with Gasteiger partial charge >= 0.3 is 5.91 Å². The van der Waals surface area contributed by atoms with Crippen molar-refractivity contribution in [3.8, 4) is 0 Å². The topological polar surface area (TPSA) is 70.5 Å². The molecule has 0 spiro atoms. The van der Waals surface area contributed by atoms with Gasteiger partial charge in [-0.05, 0) is 66.8 Å². The van der Waals surface area contributed by atoms with Crippen LogP contribution in [0.5, 0.6) is 0 Å². The number of aliphatic hydroxyl groups is 1. The number of fused-ring (bicyclic) bond motifs is 1. The highest BCUT2D eigenvalue weighted by atomic mass is 32.1. The van der Waals surface area contributed by atoms with Crippen LogP contribution in [0.15, 0.2) is 59.5 Å². The number of carbonyl (C=O) groups excluding carboxylic acids is 2. The molecule has 1 fully saturated rings. The number of rotatable bonds is 3. The van der Waals surface area contributed by atoms with Crippen LogP contribution in [0.3, 0.4) is 0 Å². The van der Waals surface area contributed by atoms with E-state index in [0.717, 1.165) is 26.2 Å². The van der Waals surface area contributed by atoms with Gasteiger partial charge in [0.1, 0.15) is 17.6 Å². The number of amides is 1. The fraction of sp³-hybridized carbons (Fsp3) is 0.125. The average molecular weight is 465 g/mol. The maximum absolute atomic E-state index is 13.4. The molecule has 2 aromatic heterocycles. The minimum atomic E-state index is -0.818. The lowest BCUT2D eigenvalue weighted by atomic mass is 10.00. The van der Waals surface area contributed by atoms with Crippen molar-refractivity contribution in [3.63, 3.8) is 0 Å². The lowest BCUT2D eigenvalue weighted by Gasteiger charge is -2.21. The van der Waals surface area contributed by atoms with Crippen molar-refractivity contribution >= 4 is 55.5 Å². The molecule has 32 heavy (non-hydrogen) atoms. The van der Waals surface area contributed by atoms with Gasteiger partial charge in [-0.2, -0.15) is 0 Å². The molecule has 5 rings (SSSR count). The summed E-state index contributed by atoms with van der Waals surface area (Å²) in [4.78, 5) is 33.1. The zero-order valence-corrected chi connectivity index (χ0v) is 18.8. The zero-order valence-electron chi connectivity index (χ0n) is 17.1. The molecule has 0 bridgehead atoms. The predicted octanol–water partition coefficient (Wildman–Crippen LogP) is 5.74. The van der Waals surface area contributed by atoms with E-state index in [4.69, 9.17) is 0 Å². The standard InChI is InChI=1S/C24H17FN2O3S2/c1-12-10-13(2)19-17(11-12)32-24(26-19)27-20(16-4-3-9-31-16)18(22(29)23(27)30)21(28)14-5-7-15(25)8-6-14/h3-11,20,28H,1-2H3/b21-18+. The number of thiazole rings is 1. The Morgan fingerprint density at radius 1 is 1.12 bits per heavy atom. The summed E-state index contributed by atoms with van der Waals surface area (Å²) < 4.78 is 14.3. The first-order valence-corrected chi connectivity index (χ1v) is 11.5. The smallest absolute Gasteiger partial charge is 0.301 e. The van der Waals surface area contributed by atoms with E-state index in [2.05, 4.69) is 4.98 Å². The molecule has 4 aromatic rings. The molecule has 1 N–H and O–H groups in total. The molecule has 160 valence electrons. The van der Waals surface area contributed by atoms with Crippen LogP contribution in [0.4, 0.5) is 9.52 Å². The Morgan fingerprint density at radius 2 is 1.88 bits per heavy atom. The Hall–Kier alpha value is -3.36.